The molecule has 6 nitrogen and oxygen atoms in total. The summed E-state index contributed by atoms with van der Waals surface area (Å²) in [6, 6.07) is 6.98. The monoisotopic (exact) mass is 362 g/mol. The fourth-order valence-corrected chi connectivity index (χ4v) is 2.38. The van der Waals surface area contributed by atoms with Gasteiger partial charge in [-0.2, -0.15) is 5.26 Å². The Morgan fingerprint density at radius 2 is 1.85 bits per heavy atom. The van der Waals surface area contributed by atoms with Gasteiger partial charge in [-0.3, -0.25) is 14.5 Å². The van der Waals surface area contributed by atoms with Gasteiger partial charge in [-0.1, -0.05) is 0 Å². The molecule has 1 atom stereocenters. The van der Waals surface area contributed by atoms with Crippen LogP contribution in [0.1, 0.15) is 34.1 Å². The van der Waals surface area contributed by atoms with Gasteiger partial charge < -0.3 is 10.2 Å². The molecule has 1 aromatic carbocycles. The van der Waals surface area contributed by atoms with E-state index in [1.165, 1.54) is 29.2 Å². The van der Waals surface area contributed by atoms with E-state index in [2.05, 4.69) is 5.32 Å². The molecule has 0 aromatic heterocycles. The topological polar surface area (TPSA) is 76.4 Å². The number of nitrogens with zero attached hydrogens (tertiary/aromatic N) is 3. The zero-order chi connectivity index (χ0) is 19.9. The Morgan fingerprint density at radius 3 is 2.35 bits per heavy atom. The minimum Gasteiger partial charge on any atom is -0.350 e. The van der Waals surface area contributed by atoms with Crippen molar-refractivity contribution in [2.75, 3.05) is 25.0 Å². The third-order valence-corrected chi connectivity index (χ3v) is 3.78. The second kappa shape index (κ2) is 9.30. The molecule has 0 fully saturated rings. The quantitative estimate of drug-likeness (QED) is 0.807. The zero-order valence-corrected chi connectivity index (χ0v) is 16.0. The van der Waals surface area contributed by atoms with Gasteiger partial charge in [0.1, 0.15) is 5.82 Å². The molecule has 0 radical (unpaired) electrons. The van der Waals surface area contributed by atoms with Gasteiger partial charge in [0.2, 0.25) is 11.8 Å². The van der Waals surface area contributed by atoms with Gasteiger partial charge in [0.25, 0.3) is 0 Å². The number of hydrogen-bond acceptors (Lipinski definition) is 4. The van der Waals surface area contributed by atoms with Gasteiger partial charge >= 0.3 is 0 Å². The molecule has 142 valence electrons. The first-order chi connectivity index (χ1) is 12.0. The predicted octanol–water partition coefficient (Wildman–Crippen LogP) is 2.31. The Hall–Kier alpha value is -2.46. The molecule has 1 N–H and O–H groups in total. The van der Waals surface area contributed by atoms with Crippen molar-refractivity contribution in [2.24, 2.45) is 0 Å². The first-order valence-corrected chi connectivity index (χ1v) is 8.50. The van der Waals surface area contributed by atoms with Crippen molar-refractivity contribution in [3.05, 3.63) is 30.1 Å². The molecular weight excluding hydrogens is 335 g/mol. The van der Waals surface area contributed by atoms with Gasteiger partial charge in [-0.05, 0) is 59.0 Å². The van der Waals surface area contributed by atoms with Gasteiger partial charge in [-0.15, -0.1) is 0 Å². The van der Waals surface area contributed by atoms with E-state index in [4.69, 9.17) is 5.26 Å². The van der Waals surface area contributed by atoms with Crippen LogP contribution in [0.2, 0.25) is 0 Å². The lowest BCUT2D eigenvalue weighted by atomic mass is 10.1. The van der Waals surface area contributed by atoms with Crippen LogP contribution in [-0.2, 0) is 9.59 Å². The minimum absolute atomic E-state index is 0.0691. The van der Waals surface area contributed by atoms with Crippen LogP contribution in [0.15, 0.2) is 24.3 Å². The zero-order valence-electron chi connectivity index (χ0n) is 16.0. The van der Waals surface area contributed by atoms with Crippen molar-refractivity contribution < 1.29 is 14.0 Å². The average Bonchev–Trinajstić information content (AvgIpc) is 2.53. The lowest BCUT2D eigenvalue weighted by Crippen LogP contribution is -2.51. The van der Waals surface area contributed by atoms with E-state index in [1.54, 1.807) is 18.9 Å². The van der Waals surface area contributed by atoms with Crippen LogP contribution >= 0.6 is 0 Å². The molecule has 0 saturated heterocycles. The number of benzene rings is 1. The fraction of sp³-hybridized carbons (Fsp3) is 0.526. The van der Waals surface area contributed by atoms with E-state index < -0.39 is 11.9 Å². The maximum absolute atomic E-state index is 13.2. The van der Waals surface area contributed by atoms with Crippen molar-refractivity contribution in [1.29, 1.82) is 5.26 Å². The third kappa shape index (κ3) is 6.81. The highest BCUT2D eigenvalue weighted by Crippen LogP contribution is 2.17. The maximum atomic E-state index is 13.2. The van der Waals surface area contributed by atoms with E-state index in [0.29, 0.717) is 5.69 Å². The third-order valence-electron chi connectivity index (χ3n) is 3.78. The number of rotatable bonds is 7. The summed E-state index contributed by atoms with van der Waals surface area (Å²) in [6.07, 6.45) is 0.157. The molecule has 0 aliphatic heterocycles. The van der Waals surface area contributed by atoms with Crippen LogP contribution in [0.4, 0.5) is 10.1 Å². The Balaban J connectivity index is 2.87. The van der Waals surface area contributed by atoms with Crippen LogP contribution in [-0.4, -0.2) is 48.4 Å². The SMILES string of the molecule is CC(C(=O)N(CCC#N)c1ccc(F)cc1)N(C)CC(=O)NC(C)(C)C. The number of carbonyl (C=O) groups is 2. The highest BCUT2D eigenvalue weighted by atomic mass is 19.1. The summed E-state index contributed by atoms with van der Waals surface area (Å²) >= 11 is 0. The number of anilines is 1. The second-order valence-corrected chi connectivity index (χ2v) is 7.26. The molecule has 0 bridgehead atoms. The molecule has 2 amide bonds. The number of nitrogens with one attached hydrogen (secondary N) is 1. The summed E-state index contributed by atoms with van der Waals surface area (Å²) in [7, 11) is 1.69. The van der Waals surface area contributed by atoms with Crippen LogP contribution in [0.25, 0.3) is 0 Å². The van der Waals surface area contributed by atoms with Gasteiger partial charge in [0.05, 0.1) is 25.1 Å². The molecule has 0 spiro atoms. The Bertz CT molecular complexity index is 662. The molecular formula is C19H27FN4O2. The molecule has 7 heteroatoms. The summed E-state index contributed by atoms with van der Waals surface area (Å²) in [5.74, 6) is -0.826. The van der Waals surface area contributed by atoms with E-state index in [9.17, 15) is 14.0 Å². The highest BCUT2D eigenvalue weighted by molar-refractivity contribution is 5.97. The smallest absolute Gasteiger partial charge is 0.244 e. The van der Waals surface area contributed by atoms with Gasteiger partial charge in [0, 0.05) is 17.8 Å². The number of carbonyl (C=O) groups excluding carboxylic acids is 2. The van der Waals surface area contributed by atoms with Crippen LogP contribution < -0.4 is 10.2 Å². The second-order valence-electron chi connectivity index (χ2n) is 7.26. The molecule has 1 aromatic rings. The largest absolute Gasteiger partial charge is 0.350 e. The van der Waals surface area contributed by atoms with E-state index >= 15 is 0 Å². The average molecular weight is 362 g/mol. The minimum atomic E-state index is -0.579. The number of amides is 2. The summed E-state index contributed by atoms with van der Waals surface area (Å²) in [4.78, 5) is 28.1. The Morgan fingerprint density at radius 1 is 1.27 bits per heavy atom. The van der Waals surface area contributed by atoms with Crippen molar-refractivity contribution in [3.8, 4) is 6.07 Å². The number of likely N-dealkylation sites (N-methyl/N-ethyl adjacent to an activating group) is 1. The van der Waals surface area contributed by atoms with Crippen LogP contribution in [0.3, 0.4) is 0 Å². The van der Waals surface area contributed by atoms with E-state index in [-0.39, 0.29) is 36.9 Å². The molecule has 1 unspecified atom stereocenters. The molecule has 0 heterocycles. The molecule has 1 rings (SSSR count). The molecule has 26 heavy (non-hydrogen) atoms. The maximum Gasteiger partial charge on any atom is 0.244 e. The van der Waals surface area contributed by atoms with E-state index in [1.807, 2.05) is 26.8 Å². The molecule has 0 saturated carbocycles. The Kier molecular flexibility index (Phi) is 7.72. The first kappa shape index (κ1) is 21.6. The lowest BCUT2D eigenvalue weighted by Gasteiger charge is -2.30. The first-order valence-electron chi connectivity index (χ1n) is 8.50. The van der Waals surface area contributed by atoms with Crippen molar-refractivity contribution in [2.45, 2.75) is 45.7 Å². The summed E-state index contributed by atoms with van der Waals surface area (Å²) in [5, 5.41) is 11.7. The lowest BCUT2D eigenvalue weighted by molar-refractivity contribution is -0.126. The van der Waals surface area contributed by atoms with E-state index in [0.717, 1.165) is 0 Å². The van der Waals surface area contributed by atoms with Crippen LogP contribution in [0, 0.1) is 17.1 Å². The molecule has 0 aliphatic rings. The van der Waals surface area contributed by atoms with Crippen LogP contribution in [0.5, 0.6) is 0 Å². The van der Waals surface area contributed by atoms with Gasteiger partial charge in [-0.25, -0.2) is 4.39 Å². The van der Waals surface area contributed by atoms with Crippen molar-refractivity contribution >= 4 is 17.5 Å². The summed E-state index contributed by atoms with van der Waals surface area (Å²) < 4.78 is 13.2. The molecule has 0 aliphatic carbocycles. The highest BCUT2D eigenvalue weighted by Gasteiger charge is 2.26. The number of nitriles is 1. The predicted molar refractivity (Wildman–Crippen MR) is 99.0 cm³/mol. The Labute approximate surface area is 154 Å². The standard InChI is InChI=1S/C19H27FN4O2/c1-14(23(5)13-17(25)22-19(2,3)4)18(26)24(12-6-11-21)16-9-7-15(20)8-10-16/h7-10,14H,6,12-13H2,1-5H3,(H,22,25). The summed E-state index contributed by atoms with van der Waals surface area (Å²) in [6.45, 7) is 7.63. The van der Waals surface area contributed by atoms with Gasteiger partial charge in [0.15, 0.2) is 0 Å². The van der Waals surface area contributed by atoms with Crippen molar-refractivity contribution in [3.63, 3.8) is 0 Å². The fourth-order valence-electron chi connectivity index (χ4n) is 2.38. The van der Waals surface area contributed by atoms with Crippen molar-refractivity contribution in [1.82, 2.24) is 10.2 Å². The number of halogens is 1. The normalized spacial score (nSPS) is 12.4. The summed E-state index contributed by atoms with van der Waals surface area (Å²) in [5.41, 5.74) is 0.170. The number of hydrogen-bond donors (Lipinski definition) is 1.